The van der Waals surface area contributed by atoms with Crippen LogP contribution in [0.15, 0.2) is 47.6 Å². The Balaban J connectivity index is 2.00. The Bertz CT molecular complexity index is 815. The summed E-state index contributed by atoms with van der Waals surface area (Å²) >= 11 is 0. The molecule has 2 aromatic rings. The van der Waals surface area contributed by atoms with E-state index < -0.39 is 15.8 Å². The van der Waals surface area contributed by atoms with Gasteiger partial charge in [-0.3, -0.25) is 4.98 Å². The summed E-state index contributed by atoms with van der Waals surface area (Å²) < 4.78 is 46.0. The van der Waals surface area contributed by atoms with Crippen molar-refractivity contribution in [3.05, 3.63) is 54.1 Å². The number of benzene rings is 1. The second-order valence-electron chi connectivity index (χ2n) is 5.42. The van der Waals surface area contributed by atoms with Gasteiger partial charge >= 0.3 is 0 Å². The van der Waals surface area contributed by atoms with Crippen LogP contribution >= 0.6 is 0 Å². The molecule has 1 fully saturated rings. The first-order valence-electron chi connectivity index (χ1n) is 7.50. The molecule has 0 aliphatic carbocycles. The van der Waals surface area contributed by atoms with Crippen molar-refractivity contribution in [2.24, 2.45) is 0 Å². The minimum absolute atomic E-state index is 0.0107. The van der Waals surface area contributed by atoms with Crippen LogP contribution in [0.1, 0.15) is 11.6 Å². The maximum atomic E-state index is 13.6. The molecule has 1 aliphatic rings. The van der Waals surface area contributed by atoms with Crippen molar-refractivity contribution in [2.75, 3.05) is 26.7 Å². The number of halogens is 1. The summed E-state index contributed by atoms with van der Waals surface area (Å²) in [5.41, 5.74) is 0.808. The van der Waals surface area contributed by atoms with Gasteiger partial charge in [0.05, 0.1) is 18.0 Å². The number of methoxy groups -OCH3 is 1. The lowest BCUT2D eigenvalue weighted by Crippen LogP contribution is -2.48. The van der Waals surface area contributed by atoms with Crippen LogP contribution in [-0.2, 0) is 10.0 Å². The first kappa shape index (κ1) is 16.8. The fraction of sp³-hybridized carbons (Fsp3) is 0.312. The number of nitrogens with zero attached hydrogens (tertiary/aromatic N) is 2. The normalized spacial score (nSPS) is 19.2. The zero-order valence-corrected chi connectivity index (χ0v) is 14.0. The van der Waals surface area contributed by atoms with Gasteiger partial charge in [0, 0.05) is 38.1 Å². The van der Waals surface area contributed by atoms with Gasteiger partial charge in [-0.25, -0.2) is 12.8 Å². The van der Waals surface area contributed by atoms with E-state index >= 15 is 0 Å². The van der Waals surface area contributed by atoms with E-state index in [1.165, 1.54) is 23.5 Å². The van der Waals surface area contributed by atoms with E-state index in [1.54, 1.807) is 18.5 Å². The zero-order chi connectivity index (χ0) is 17.2. The van der Waals surface area contributed by atoms with E-state index in [-0.39, 0.29) is 16.7 Å². The van der Waals surface area contributed by atoms with Crippen molar-refractivity contribution in [3.8, 4) is 5.75 Å². The van der Waals surface area contributed by atoms with Crippen molar-refractivity contribution in [1.82, 2.24) is 14.6 Å². The van der Waals surface area contributed by atoms with E-state index in [4.69, 9.17) is 4.74 Å². The second-order valence-corrected chi connectivity index (χ2v) is 7.31. The minimum atomic E-state index is -3.79. The topological polar surface area (TPSA) is 71.5 Å². The van der Waals surface area contributed by atoms with Gasteiger partial charge in [-0.15, -0.1) is 0 Å². The second kappa shape index (κ2) is 6.84. The van der Waals surface area contributed by atoms with Crippen LogP contribution < -0.4 is 10.1 Å². The maximum absolute atomic E-state index is 13.6. The number of piperazine rings is 1. The van der Waals surface area contributed by atoms with Crippen molar-refractivity contribution < 1.29 is 17.5 Å². The summed E-state index contributed by atoms with van der Waals surface area (Å²) in [6.45, 7) is 1.36. The van der Waals surface area contributed by atoms with Gasteiger partial charge < -0.3 is 10.1 Å². The molecule has 0 bridgehead atoms. The van der Waals surface area contributed by atoms with Crippen LogP contribution in [0.25, 0.3) is 0 Å². The average Bonchev–Trinajstić information content (AvgIpc) is 2.62. The number of rotatable bonds is 4. The number of pyridine rings is 1. The molecule has 0 spiro atoms. The highest BCUT2D eigenvalue weighted by atomic mass is 32.2. The van der Waals surface area contributed by atoms with Gasteiger partial charge in [-0.1, -0.05) is 6.07 Å². The molecular weight excluding hydrogens is 333 g/mol. The SMILES string of the molecule is COc1cc(S(=O)(=O)N2CCNCC2c2cccnc2)ccc1F. The van der Waals surface area contributed by atoms with Crippen molar-refractivity contribution in [2.45, 2.75) is 10.9 Å². The van der Waals surface area contributed by atoms with E-state index in [2.05, 4.69) is 10.3 Å². The molecular formula is C16H18FN3O3S. The molecule has 2 heterocycles. The molecule has 0 saturated carbocycles. The molecule has 1 aliphatic heterocycles. The Morgan fingerprint density at radius 2 is 2.21 bits per heavy atom. The third-order valence-corrected chi connectivity index (χ3v) is 5.90. The quantitative estimate of drug-likeness (QED) is 0.905. The maximum Gasteiger partial charge on any atom is 0.243 e. The molecule has 6 nitrogen and oxygen atoms in total. The van der Waals surface area contributed by atoms with Crippen LogP contribution in [0.2, 0.25) is 0 Å². The molecule has 1 aromatic heterocycles. The summed E-state index contributed by atoms with van der Waals surface area (Å²) in [5, 5.41) is 3.20. The molecule has 24 heavy (non-hydrogen) atoms. The third kappa shape index (κ3) is 3.12. The van der Waals surface area contributed by atoms with Crippen LogP contribution in [0.4, 0.5) is 4.39 Å². The summed E-state index contributed by atoms with van der Waals surface area (Å²) in [5.74, 6) is -0.690. The lowest BCUT2D eigenvalue weighted by atomic mass is 10.1. The molecule has 1 atom stereocenters. The number of ether oxygens (including phenoxy) is 1. The lowest BCUT2D eigenvalue weighted by molar-refractivity contribution is 0.271. The molecule has 128 valence electrons. The van der Waals surface area contributed by atoms with E-state index in [9.17, 15) is 12.8 Å². The number of hydrogen-bond donors (Lipinski definition) is 1. The van der Waals surface area contributed by atoms with E-state index in [1.807, 2.05) is 6.07 Å². The number of nitrogens with one attached hydrogen (secondary N) is 1. The van der Waals surface area contributed by atoms with Crippen molar-refractivity contribution >= 4 is 10.0 Å². The number of aromatic nitrogens is 1. The molecule has 1 saturated heterocycles. The summed E-state index contributed by atoms with van der Waals surface area (Å²) in [6.07, 6.45) is 3.30. The third-order valence-electron chi connectivity index (χ3n) is 3.99. The van der Waals surface area contributed by atoms with Gasteiger partial charge in [0.15, 0.2) is 11.6 Å². The van der Waals surface area contributed by atoms with Crippen LogP contribution in [-0.4, -0.2) is 44.5 Å². The van der Waals surface area contributed by atoms with Crippen LogP contribution in [0, 0.1) is 5.82 Å². The lowest BCUT2D eigenvalue weighted by Gasteiger charge is -2.35. The van der Waals surface area contributed by atoms with Crippen molar-refractivity contribution in [3.63, 3.8) is 0 Å². The molecule has 1 aromatic carbocycles. The van der Waals surface area contributed by atoms with Crippen LogP contribution in [0.5, 0.6) is 5.75 Å². The molecule has 8 heteroatoms. The Hall–Kier alpha value is -2.03. The first-order chi connectivity index (χ1) is 11.5. The van der Waals surface area contributed by atoms with Gasteiger partial charge in [0.1, 0.15) is 0 Å². The fourth-order valence-corrected chi connectivity index (χ4v) is 4.40. The van der Waals surface area contributed by atoms with E-state index in [0.29, 0.717) is 19.6 Å². The van der Waals surface area contributed by atoms with Gasteiger partial charge in [-0.05, 0) is 23.8 Å². The molecule has 0 radical (unpaired) electrons. The fourth-order valence-electron chi connectivity index (χ4n) is 2.77. The predicted octanol–water partition coefficient (Wildman–Crippen LogP) is 1.56. The predicted molar refractivity (Wildman–Crippen MR) is 86.7 cm³/mol. The monoisotopic (exact) mass is 351 g/mol. The first-order valence-corrected chi connectivity index (χ1v) is 8.94. The zero-order valence-electron chi connectivity index (χ0n) is 13.1. The average molecular weight is 351 g/mol. The molecule has 0 amide bonds. The number of hydrogen-bond acceptors (Lipinski definition) is 5. The van der Waals surface area contributed by atoms with Gasteiger partial charge in [0.25, 0.3) is 0 Å². The van der Waals surface area contributed by atoms with Crippen molar-refractivity contribution in [1.29, 1.82) is 0 Å². The van der Waals surface area contributed by atoms with Gasteiger partial charge in [-0.2, -0.15) is 4.31 Å². The van der Waals surface area contributed by atoms with Gasteiger partial charge in [0.2, 0.25) is 10.0 Å². The highest BCUT2D eigenvalue weighted by Crippen LogP contribution is 2.30. The standard InChI is InChI=1S/C16H18FN3O3S/c1-23-16-9-13(4-5-14(16)17)24(21,22)20-8-7-19-11-15(20)12-3-2-6-18-10-12/h2-6,9-10,15,19H,7-8,11H2,1H3. The minimum Gasteiger partial charge on any atom is -0.494 e. The van der Waals surface area contributed by atoms with E-state index in [0.717, 1.165) is 11.6 Å². The highest BCUT2D eigenvalue weighted by Gasteiger charge is 2.34. The molecule has 3 rings (SSSR count). The Morgan fingerprint density at radius 3 is 2.92 bits per heavy atom. The Labute approximate surface area is 140 Å². The van der Waals surface area contributed by atoms with Crippen LogP contribution in [0.3, 0.4) is 0 Å². The summed E-state index contributed by atoms with van der Waals surface area (Å²) in [7, 11) is -2.49. The largest absolute Gasteiger partial charge is 0.494 e. The Kier molecular flexibility index (Phi) is 4.79. The highest BCUT2D eigenvalue weighted by molar-refractivity contribution is 7.89. The number of sulfonamides is 1. The smallest absolute Gasteiger partial charge is 0.243 e. The summed E-state index contributed by atoms with van der Waals surface area (Å²) in [6, 6.07) is 6.83. The Morgan fingerprint density at radius 1 is 1.38 bits per heavy atom. The molecule has 1 unspecified atom stereocenters. The summed E-state index contributed by atoms with van der Waals surface area (Å²) in [4.78, 5) is 4.08. The molecule has 1 N–H and O–H groups in total.